The van der Waals surface area contributed by atoms with Crippen LogP contribution in [0.4, 0.5) is 5.82 Å². The minimum atomic E-state index is -0.266. The van der Waals surface area contributed by atoms with E-state index in [1.807, 2.05) is 0 Å². The van der Waals surface area contributed by atoms with Crippen LogP contribution in [-0.2, 0) is 11.8 Å². The third-order valence-electron chi connectivity index (χ3n) is 2.15. The van der Waals surface area contributed by atoms with E-state index in [0.29, 0.717) is 11.5 Å². The van der Waals surface area contributed by atoms with Crippen molar-refractivity contribution in [3.63, 3.8) is 0 Å². The molecule has 0 saturated heterocycles. The molecule has 0 fully saturated rings. The van der Waals surface area contributed by atoms with Crippen LogP contribution in [0.3, 0.4) is 0 Å². The number of hydrogen-bond acceptors (Lipinski definition) is 3. The third kappa shape index (κ3) is 1.98. The van der Waals surface area contributed by atoms with Gasteiger partial charge in [-0.3, -0.25) is 14.5 Å². The van der Waals surface area contributed by atoms with Crippen LogP contribution < -0.4 is 10.2 Å². The standard InChI is InChI=1S/C9H14N4O2/c1-6(14)13(4)8-7(9(15)10-2)12(3)5-11-8/h5H,1-4H3,(H,10,15). The number of hydrogen-bond donors (Lipinski definition) is 1. The molecule has 15 heavy (non-hydrogen) atoms. The highest BCUT2D eigenvalue weighted by Gasteiger charge is 2.20. The number of aryl methyl sites for hydroxylation is 1. The van der Waals surface area contributed by atoms with Gasteiger partial charge in [0, 0.05) is 28.1 Å². The summed E-state index contributed by atoms with van der Waals surface area (Å²) in [6, 6.07) is 0. The quantitative estimate of drug-likeness (QED) is 0.732. The first kappa shape index (κ1) is 11.2. The van der Waals surface area contributed by atoms with Gasteiger partial charge in [-0.2, -0.15) is 0 Å². The number of carbonyl (C=O) groups is 2. The number of amides is 2. The van der Waals surface area contributed by atoms with Gasteiger partial charge in [-0.05, 0) is 0 Å². The van der Waals surface area contributed by atoms with E-state index in [9.17, 15) is 9.59 Å². The second kappa shape index (κ2) is 4.12. The maximum atomic E-state index is 11.5. The van der Waals surface area contributed by atoms with Crippen molar-refractivity contribution in [2.24, 2.45) is 7.05 Å². The number of carbonyl (C=O) groups excluding carboxylic acids is 2. The Hall–Kier alpha value is -1.85. The Balaban J connectivity index is 3.20. The van der Waals surface area contributed by atoms with Crippen molar-refractivity contribution < 1.29 is 9.59 Å². The highest BCUT2D eigenvalue weighted by Crippen LogP contribution is 2.16. The molecular formula is C9H14N4O2. The molecule has 1 aromatic heterocycles. The van der Waals surface area contributed by atoms with E-state index in [1.54, 1.807) is 18.7 Å². The first-order valence-corrected chi connectivity index (χ1v) is 4.46. The molecule has 0 saturated carbocycles. The van der Waals surface area contributed by atoms with Gasteiger partial charge >= 0.3 is 0 Å². The van der Waals surface area contributed by atoms with E-state index in [0.717, 1.165) is 0 Å². The molecule has 0 spiro atoms. The first-order valence-electron chi connectivity index (χ1n) is 4.46. The van der Waals surface area contributed by atoms with Crippen LogP contribution in [0.2, 0.25) is 0 Å². The van der Waals surface area contributed by atoms with Crippen LogP contribution in [0, 0.1) is 0 Å². The van der Waals surface area contributed by atoms with Gasteiger partial charge in [0.05, 0.1) is 6.33 Å². The maximum Gasteiger partial charge on any atom is 0.271 e. The fraction of sp³-hybridized carbons (Fsp3) is 0.444. The van der Waals surface area contributed by atoms with E-state index in [1.165, 1.54) is 25.2 Å². The Morgan fingerprint density at radius 3 is 2.60 bits per heavy atom. The predicted octanol–water partition coefficient (Wildman–Crippen LogP) is -0.238. The molecule has 0 bridgehead atoms. The first-order chi connectivity index (χ1) is 6.99. The lowest BCUT2D eigenvalue weighted by atomic mass is 10.3. The predicted molar refractivity (Wildman–Crippen MR) is 55.7 cm³/mol. The molecule has 0 aliphatic rings. The lowest BCUT2D eigenvalue weighted by molar-refractivity contribution is -0.116. The summed E-state index contributed by atoms with van der Waals surface area (Å²) in [7, 11) is 4.82. The summed E-state index contributed by atoms with van der Waals surface area (Å²) >= 11 is 0. The monoisotopic (exact) mass is 210 g/mol. The van der Waals surface area contributed by atoms with E-state index in [-0.39, 0.29) is 11.8 Å². The second-order valence-electron chi connectivity index (χ2n) is 3.18. The topological polar surface area (TPSA) is 67.2 Å². The number of aromatic nitrogens is 2. The van der Waals surface area contributed by atoms with Gasteiger partial charge in [0.15, 0.2) is 11.5 Å². The number of nitrogens with one attached hydrogen (secondary N) is 1. The summed E-state index contributed by atoms with van der Waals surface area (Å²) < 4.78 is 1.58. The zero-order valence-electron chi connectivity index (χ0n) is 9.24. The van der Waals surface area contributed by atoms with Gasteiger partial charge in [-0.25, -0.2) is 4.98 Å². The Morgan fingerprint density at radius 1 is 1.53 bits per heavy atom. The third-order valence-corrected chi connectivity index (χ3v) is 2.15. The van der Waals surface area contributed by atoms with Gasteiger partial charge in [0.25, 0.3) is 5.91 Å². The van der Waals surface area contributed by atoms with Crippen molar-refractivity contribution in [2.75, 3.05) is 19.0 Å². The summed E-state index contributed by atoms with van der Waals surface area (Å²) in [5.74, 6) is -0.0682. The molecule has 1 rings (SSSR count). The zero-order chi connectivity index (χ0) is 11.6. The molecular weight excluding hydrogens is 196 g/mol. The molecule has 0 aliphatic carbocycles. The summed E-state index contributed by atoms with van der Waals surface area (Å²) in [5, 5.41) is 2.50. The molecule has 0 unspecified atom stereocenters. The van der Waals surface area contributed by atoms with Crippen LogP contribution in [0.25, 0.3) is 0 Å². The molecule has 2 amide bonds. The molecule has 1 aromatic rings. The normalized spacial score (nSPS) is 9.87. The molecule has 82 valence electrons. The van der Waals surface area contributed by atoms with Crippen LogP contribution >= 0.6 is 0 Å². The van der Waals surface area contributed by atoms with E-state index in [4.69, 9.17) is 0 Å². The van der Waals surface area contributed by atoms with Crippen molar-refractivity contribution in [1.82, 2.24) is 14.9 Å². The molecule has 6 nitrogen and oxygen atoms in total. The van der Waals surface area contributed by atoms with Gasteiger partial charge in [0.1, 0.15) is 0 Å². The number of anilines is 1. The Labute approximate surface area is 87.9 Å². The van der Waals surface area contributed by atoms with Crippen LogP contribution in [0.15, 0.2) is 6.33 Å². The minimum Gasteiger partial charge on any atom is -0.354 e. The van der Waals surface area contributed by atoms with Gasteiger partial charge in [-0.1, -0.05) is 0 Å². The fourth-order valence-electron chi connectivity index (χ4n) is 1.19. The van der Waals surface area contributed by atoms with Crippen molar-refractivity contribution in [2.45, 2.75) is 6.92 Å². The molecule has 0 aromatic carbocycles. The zero-order valence-corrected chi connectivity index (χ0v) is 9.24. The molecule has 0 radical (unpaired) electrons. The summed E-state index contributed by atoms with van der Waals surface area (Å²) in [6.07, 6.45) is 1.50. The molecule has 1 N–H and O–H groups in total. The van der Waals surface area contributed by atoms with Gasteiger partial charge in [-0.15, -0.1) is 0 Å². The van der Waals surface area contributed by atoms with E-state index in [2.05, 4.69) is 10.3 Å². The largest absolute Gasteiger partial charge is 0.354 e. The summed E-state index contributed by atoms with van der Waals surface area (Å²) in [6.45, 7) is 1.42. The lowest BCUT2D eigenvalue weighted by Crippen LogP contribution is -2.28. The van der Waals surface area contributed by atoms with E-state index >= 15 is 0 Å². The molecule has 6 heteroatoms. The lowest BCUT2D eigenvalue weighted by Gasteiger charge is -2.13. The number of imidazole rings is 1. The summed E-state index contributed by atoms with van der Waals surface area (Å²) in [5.41, 5.74) is 0.371. The van der Waals surface area contributed by atoms with Crippen LogP contribution in [-0.4, -0.2) is 35.5 Å². The molecule has 1 heterocycles. The SMILES string of the molecule is CNC(=O)c1c(N(C)C(C)=O)ncn1C. The van der Waals surface area contributed by atoms with Crippen molar-refractivity contribution in [1.29, 1.82) is 0 Å². The second-order valence-corrected chi connectivity index (χ2v) is 3.18. The number of nitrogens with zero attached hydrogens (tertiary/aromatic N) is 3. The fourth-order valence-corrected chi connectivity index (χ4v) is 1.19. The van der Waals surface area contributed by atoms with Crippen molar-refractivity contribution in [3.8, 4) is 0 Å². The maximum absolute atomic E-state index is 11.5. The molecule has 0 aliphatic heterocycles. The summed E-state index contributed by atoms with van der Waals surface area (Å²) in [4.78, 5) is 28.0. The smallest absolute Gasteiger partial charge is 0.271 e. The van der Waals surface area contributed by atoms with E-state index < -0.39 is 0 Å². The van der Waals surface area contributed by atoms with Crippen molar-refractivity contribution in [3.05, 3.63) is 12.0 Å². The van der Waals surface area contributed by atoms with Crippen LogP contribution in [0.1, 0.15) is 17.4 Å². The highest BCUT2D eigenvalue weighted by molar-refractivity contribution is 6.01. The van der Waals surface area contributed by atoms with Crippen molar-refractivity contribution >= 4 is 17.6 Å². The van der Waals surface area contributed by atoms with Crippen LogP contribution in [0.5, 0.6) is 0 Å². The molecule has 0 atom stereocenters. The van der Waals surface area contributed by atoms with Gasteiger partial charge in [0.2, 0.25) is 5.91 Å². The Morgan fingerprint density at radius 2 is 2.13 bits per heavy atom. The highest BCUT2D eigenvalue weighted by atomic mass is 16.2. The number of rotatable bonds is 2. The average molecular weight is 210 g/mol. The Bertz CT molecular complexity index is 397. The minimum absolute atomic E-state index is 0.168. The average Bonchev–Trinajstić information content (AvgIpc) is 2.57. The Kier molecular flexibility index (Phi) is 3.08. The van der Waals surface area contributed by atoms with Gasteiger partial charge < -0.3 is 9.88 Å².